The van der Waals surface area contributed by atoms with E-state index in [0.29, 0.717) is 22.3 Å². The molecule has 1 heterocycles. The Morgan fingerprint density at radius 3 is 2.44 bits per heavy atom. The van der Waals surface area contributed by atoms with E-state index in [9.17, 15) is 4.79 Å². The summed E-state index contributed by atoms with van der Waals surface area (Å²) in [6, 6.07) is 5.39. The molecule has 18 heavy (non-hydrogen) atoms. The van der Waals surface area contributed by atoms with Gasteiger partial charge >= 0.3 is 0 Å². The van der Waals surface area contributed by atoms with E-state index in [1.165, 1.54) is 6.92 Å². The number of aromatic nitrogens is 2. The van der Waals surface area contributed by atoms with Gasteiger partial charge in [0.15, 0.2) is 5.78 Å². The molecule has 1 aromatic carbocycles. The molecule has 3 nitrogen and oxygen atoms in total. The van der Waals surface area contributed by atoms with Gasteiger partial charge in [-0.3, -0.25) is 4.79 Å². The molecule has 2 rings (SSSR count). The number of ketones is 1. The van der Waals surface area contributed by atoms with Gasteiger partial charge in [0.25, 0.3) is 0 Å². The van der Waals surface area contributed by atoms with Gasteiger partial charge in [0.2, 0.25) is 0 Å². The SMILES string of the molecule is CC(=O)c1cn(Cc2c(Cl)cccc2Cl)c(C)n1. The molecule has 2 aromatic rings. The maximum absolute atomic E-state index is 11.3. The average molecular weight is 283 g/mol. The summed E-state index contributed by atoms with van der Waals surface area (Å²) in [7, 11) is 0. The predicted molar refractivity (Wildman–Crippen MR) is 72.5 cm³/mol. The number of imidazole rings is 1. The van der Waals surface area contributed by atoms with Crippen molar-refractivity contribution in [2.24, 2.45) is 0 Å². The zero-order chi connectivity index (χ0) is 13.3. The Hall–Kier alpha value is -1.32. The van der Waals surface area contributed by atoms with Crippen molar-refractivity contribution in [3.8, 4) is 0 Å². The van der Waals surface area contributed by atoms with Crippen LogP contribution in [0.25, 0.3) is 0 Å². The van der Waals surface area contributed by atoms with Gasteiger partial charge in [-0.25, -0.2) is 4.98 Å². The van der Waals surface area contributed by atoms with Crippen LogP contribution >= 0.6 is 23.2 Å². The van der Waals surface area contributed by atoms with E-state index in [2.05, 4.69) is 4.98 Å². The summed E-state index contributed by atoms with van der Waals surface area (Å²) in [6.07, 6.45) is 1.72. The quantitative estimate of drug-likeness (QED) is 0.804. The summed E-state index contributed by atoms with van der Waals surface area (Å²) < 4.78 is 1.86. The number of rotatable bonds is 3. The maximum Gasteiger partial charge on any atom is 0.179 e. The fourth-order valence-electron chi connectivity index (χ4n) is 1.69. The molecular weight excluding hydrogens is 271 g/mol. The summed E-state index contributed by atoms with van der Waals surface area (Å²) in [5, 5.41) is 1.22. The van der Waals surface area contributed by atoms with Gasteiger partial charge in [0.1, 0.15) is 11.5 Å². The minimum Gasteiger partial charge on any atom is -0.330 e. The third-order valence-electron chi connectivity index (χ3n) is 2.73. The zero-order valence-corrected chi connectivity index (χ0v) is 11.6. The van der Waals surface area contributed by atoms with E-state index in [1.54, 1.807) is 24.4 Å². The number of aryl methyl sites for hydroxylation is 1. The smallest absolute Gasteiger partial charge is 0.179 e. The van der Waals surface area contributed by atoms with Crippen LogP contribution in [-0.4, -0.2) is 15.3 Å². The van der Waals surface area contributed by atoms with Crippen molar-refractivity contribution >= 4 is 29.0 Å². The Morgan fingerprint density at radius 2 is 1.94 bits per heavy atom. The molecule has 1 aromatic heterocycles. The summed E-state index contributed by atoms with van der Waals surface area (Å²) in [5.41, 5.74) is 1.28. The number of carbonyl (C=O) groups excluding carboxylic acids is 1. The van der Waals surface area contributed by atoms with Crippen molar-refractivity contribution < 1.29 is 4.79 Å². The number of hydrogen-bond acceptors (Lipinski definition) is 2. The Morgan fingerprint density at radius 1 is 1.33 bits per heavy atom. The number of hydrogen-bond donors (Lipinski definition) is 0. The first-order valence-corrected chi connectivity index (χ1v) is 6.22. The first-order chi connectivity index (χ1) is 8.49. The van der Waals surface area contributed by atoms with E-state index in [1.807, 2.05) is 11.5 Å². The van der Waals surface area contributed by atoms with Crippen LogP contribution in [0.1, 0.15) is 28.8 Å². The topological polar surface area (TPSA) is 34.9 Å². The van der Waals surface area contributed by atoms with Crippen LogP contribution in [0.15, 0.2) is 24.4 Å². The van der Waals surface area contributed by atoms with Crippen LogP contribution in [0.5, 0.6) is 0 Å². The summed E-state index contributed by atoms with van der Waals surface area (Å²) in [4.78, 5) is 15.5. The third-order valence-corrected chi connectivity index (χ3v) is 3.44. The Balaban J connectivity index is 2.37. The lowest BCUT2D eigenvalue weighted by Gasteiger charge is -2.08. The van der Waals surface area contributed by atoms with Gasteiger partial charge in [0.05, 0.1) is 6.54 Å². The van der Waals surface area contributed by atoms with Crippen LogP contribution < -0.4 is 0 Å². The summed E-state index contributed by atoms with van der Waals surface area (Å²) in [6.45, 7) is 3.84. The number of carbonyl (C=O) groups is 1. The Labute approximate surface area is 115 Å². The lowest BCUT2D eigenvalue weighted by atomic mass is 10.2. The molecule has 0 aliphatic rings. The highest BCUT2D eigenvalue weighted by Crippen LogP contribution is 2.25. The van der Waals surface area contributed by atoms with Gasteiger partial charge in [-0.2, -0.15) is 0 Å². The molecule has 0 aliphatic carbocycles. The molecule has 0 saturated heterocycles. The number of Topliss-reactive ketones (excluding diaryl/α,β-unsaturated/α-hetero) is 1. The molecule has 0 radical (unpaired) electrons. The van der Waals surface area contributed by atoms with Gasteiger partial charge in [-0.1, -0.05) is 29.3 Å². The molecule has 0 unspecified atom stereocenters. The van der Waals surface area contributed by atoms with Crippen molar-refractivity contribution in [1.29, 1.82) is 0 Å². The molecular formula is C13H12Cl2N2O. The van der Waals surface area contributed by atoms with Crippen molar-refractivity contribution in [1.82, 2.24) is 9.55 Å². The van der Waals surface area contributed by atoms with Crippen molar-refractivity contribution in [2.45, 2.75) is 20.4 Å². The van der Waals surface area contributed by atoms with Crippen LogP contribution in [-0.2, 0) is 6.54 Å². The fraction of sp³-hybridized carbons (Fsp3) is 0.231. The highest BCUT2D eigenvalue weighted by Gasteiger charge is 2.11. The zero-order valence-electron chi connectivity index (χ0n) is 10.1. The number of halogens is 2. The van der Waals surface area contributed by atoms with Gasteiger partial charge in [-0.15, -0.1) is 0 Å². The fourth-order valence-corrected chi connectivity index (χ4v) is 2.21. The first-order valence-electron chi connectivity index (χ1n) is 5.46. The molecule has 0 spiro atoms. The van der Waals surface area contributed by atoms with E-state index in [4.69, 9.17) is 23.2 Å². The lowest BCUT2D eigenvalue weighted by Crippen LogP contribution is -2.02. The van der Waals surface area contributed by atoms with Crippen molar-refractivity contribution in [3.63, 3.8) is 0 Å². The minimum atomic E-state index is -0.0536. The van der Waals surface area contributed by atoms with Gasteiger partial charge in [0, 0.05) is 28.7 Å². The highest BCUT2D eigenvalue weighted by molar-refractivity contribution is 6.35. The average Bonchev–Trinajstić information content (AvgIpc) is 2.66. The van der Waals surface area contributed by atoms with E-state index in [-0.39, 0.29) is 5.78 Å². The molecule has 0 N–H and O–H groups in total. The van der Waals surface area contributed by atoms with E-state index in [0.717, 1.165) is 11.4 Å². The molecule has 0 fully saturated rings. The summed E-state index contributed by atoms with van der Waals surface area (Å²) in [5.74, 6) is 0.707. The molecule has 5 heteroatoms. The first kappa shape index (κ1) is 13.1. The molecule has 0 saturated carbocycles. The van der Waals surface area contributed by atoms with Crippen LogP contribution in [0.3, 0.4) is 0 Å². The van der Waals surface area contributed by atoms with Crippen molar-refractivity contribution in [3.05, 3.63) is 51.5 Å². The van der Waals surface area contributed by atoms with Gasteiger partial charge in [-0.05, 0) is 19.1 Å². The molecule has 94 valence electrons. The van der Waals surface area contributed by atoms with Crippen LogP contribution in [0.2, 0.25) is 10.0 Å². The third kappa shape index (κ3) is 2.57. The normalized spacial score (nSPS) is 10.7. The second kappa shape index (κ2) is 5.12. The number of nitrogens with zero attached hydrogens (tertiary/aromatic N) is 2. The largest absolute Gasteiger partial charge is 0.330 e. The highest BCUT2D eigenvalue weighted by atomic mass is 35.5. The maximum atomic E-state index is 11.3. The molecule has 0 atom stereocenters. The Kier molecular flexibility index (Phi) is 3.73. The second-order valence-electron chi connectivity index (χ2n) is 4.06. The van der Waals surface area contributed by atoms with Crippen LogP contribution in [0.4, 0.5) is 0 Å². The lowest BCUT2D eigenvalue weighted by molar-refractivity contribution is 0.101. The standard InChI is InChI=1S/C13H12Cl2N2O/c1-8(18)13-7-17(9(2)16-13)6-10-11(14)4-3-5-12(10)15/h3-5,7H,6H2,1-2H3. The minimum absolute atomic E-state index is 0.0536. The molecule has 0 aliphatic heterocycles. The predicted octanol–water partition coefficient (Wildman–Crippen LogP) is 3.75. The number of benzene rings is 1. The Bertz CT molecular complexity index is 585. The van der Waals surface area contributed by atoms with E-state index < -0.39 is 0 Å². The van der Waals surface area contributed by atoms with Crippen LogP contribution in [0, 0.1) is 6.92 Å². The molecule has 0 bridgehead atoms. The molecule has 0 amide bonds. The van der Waals surface area contributed by atoms with Crippen molar-refractivity contribution in [2.75, 3.05) is 0 Å². The van der Waals surface area contributed by atoms with Gasteiger partial charge < -0.3 is 4.57 Å². The monoisotopic (exact) mass is 282 g/mol. The summed E-state index contributed by atoms with van der Waals surface area (Å²) >= 11 is 12.2. The van der Waals surface area contributed by atoms with E-state index >= 15 is 0 Å². The second-order valence-corrected chi connectivity index (χ2v) is 4.87.